The fourth-order valence-electron chi connectivity index (χ4n) is 3.19. The fraction of sp³-hybridized carbons (Fsp3) is 0.273. The van der Waals surface area contributed by atoms with Crippen LogP contribution in [0.5, 0.6) is 0 Å². The number of methoxy groups -OCH3 is 1. The molecule has 0 aliphatic carbocycles. The van der Waals surface area contributed by atoms with Gasteiger partial charge in [-0.3, -0.25) is 4.90 Å². The van der Waals surface area contributed by atoms with E-state index in [2.05, 4.69) is 8.92 Å². The van der Waals surface area contributed by atoms with Crippen molar-refractivity contribution in [1.29, 1.82) is 0 Å². The van der Waals surface area contributed by atoms with Gasteiger partial charge in [0, 0.05) is 13.0 Å². The third-order valence-electron chi connectivity index (χ3n) is 4.89. The van der Waals surface area contributed by atoms with Crippen molar-refractivity contribution < 1.29 is 44.8 Å². The van der Waals surface area contributed by atoms with Crippen molar-refractivity contribution in [2.24, 2.45) is 0 Å². The average molecular weight is 499 g/mol. The Morgan fingerprint density at radius 1 is 1.06 bits per heavy atom. The molecule has 8 nitrogen and oxygen atoms in total. The second-order valence-electron chi connectivity index (χ2n) is 7.16. The van der Waals surface area contributed by atoms with Crippen molar-refractivity contribution in [1.82, 2.24) is 4.90 Å². The normalized spacial score (nSPS) is 16.4. The van der Waals surface area contributed by atoms with Crippen LogP contribution in [0.2, 0.25) is 0 Å². The van der Waals surface area contributed by atoms with E-state index in [-0.39, 0.29) is 25.1 Å². The molecule has 0 N–H and O–H groups in total. The van der Waals surface area contributed by atoms with Crippen LogP contribution in [-0.4, -0.2) is 44.5 Å². The first-order chi connectivity index (χ1) is 16.0. The van der Waals surface area contributed by atoms with Gasteiger partial charge in [-0.1, -0.05) is 42.5 Å². The van der Waals surface area contributed by atoms with E-state index in [1.165, 1.54) is 36.3 Å². The van der Waals surface area contributed by atoms with Crippen LogP contribution in [0.15, 0.2) is 66.4 Å². The molecule has 0 radical (unpaired) electrons. The van der Waals surface area contributed by atoms with Crippen molar-refractivity contribution in [3.05, 3.63) is 83.1 Å². The van der Waals surface area contributed by atoms with Crippen LogP contribution in [0, 0.1) is 0 Å². The first kappa shape index (κ1) is 25.1. The molecule has 2 aromatic carbocycles. The predicted molar refractivity (Wildman–Crippen MR) is 113 cm³/mol. The first-order valence-corrected chi connectivity index (χ1v) is 11.3. The minimum absolute atomic E-state index is 0.0420. The van der Waals surface area contributed by atoms with Crippen LogP contribution in [0.1, 0.15) is 33.9 Å². The van der Waals surface area contributed by atoms with Crippen LogP contribution < -0.4 is 0 Å². The summed E-state index contributed by atoms with van der Waals surface area (Å²) in [5.41, 5.74) is -4.28. The average Bonchev–Trinajstić information content (AvgIpc) is 2.82. The van der Waals surface area contributed by atoms with Gasteiger partial charge >= 0.3 is 27.7 Å². The maximum absolute atomic E-state index is 12.8. The van der Waals surface area contributed by atoms with E-state index in [0.717, 1.165) is 11.6 Å². The molecule has 0 saturated heterocycles. The number of esters is 1. The van der Waals surface area contributed by atoms with Gasteiger partial charge in [-0.05, 0) is 29.3 Å². The zero-order valence-electron chi connectivity index (χ0n) is 17.8. The second kappa shape index (κ2) is 10.2. The third-order valence-corrected chi connectivity index (χ3v) is 5.89. The van der Waals surface area contributed by atoms with Crippen molar-refractivity contribution in [2.45, 2.75) is 24.6 Å². The summed E-state index contributed by atoms with van der Waals surface area (Å²) in [5.74, 6) is -1.07. The summed E-state index contributed by atoms with van der Waals surface area (Å²) in [5, 5.41) is 0. The minimum Gasteiger partial charge on any atom is -0.465 e. The standard InChI is InChI=1S/C22H20F3NO7S/c1-31-20(27)17-9-7-16(8-10-17)19-13-18(33-34(29,30)22(23,24)25)11-12-26(19)21(28)32-14-15-5-3-2-4-6-15/h2-10,13,19H,11-12,14H2,1H3. The Labute approximate surface area is 193 Å². The van der Waals surface area contributed by atoms with Gasteiger partial charge < -0.3 is 13.7 Å². The first-order valence-electron chi connectivity index (χ1n) is 9.89. The SMILES string of the molecule is COC(=O)c1ccc(C2C=C(OS(=O)(=O)C(F)(F)F)CCN2C(=O)OCc2ccccc2)cc1. The molecule has 0 aromatic heterocycles. The molecule has 1 heterocycles. The molecule has 34 heavy (non-hydrogen) atoms. The van der Waals surface area contributed by atoms with Gasteiger partial charge in [0.05, 0.1) is 18.7 Å². The van der Waals surface area contributed by atoms with Gasteiger partial charge in [0.2, 0.25) is 0 Å². The lowest BCUT2D eigenvalue weighted by Crippen LogP contribution is -2.39. The van der Waals surface area contributed by atoms with E-state index in [1.54, 1.807) is 30.3 Å². The zero-order chi connectivity index (χ0) is 24.9. The Morgan fingerprint density at radius 2 is 1.71 bits per heavy atom. The maximum Gasteiger partial charge on any atom is 0.534 e. The van der Waals surface area contributed by atoms with Gasteiger partial charge in [-0.25, -0.2) is 9.59 Å². The molecule has 0 fully saturated rings. The molecule has 1 aliphatic rings. The van der Waals surface area contributed by atoms with E-state index in [9.17, 15) is 31.2 Å². The molecule has 1 unspecified atom stereocenters. The maximum atomic E-state index is 12.8. The topological polar surface area (TPSA) is 99.2 Å². The number of benzene rings is 2. The van der Waals surface area contributed by atoms with Gasteiger partial charge in [0.15, 0.2) is 0 Å². The molecule has 1 aliphatic heterocycles. The number of amides is 1. The molecule has 3 rings (SSSR count). The highest BCUT2D eigenvalue weighted by Crippen LogP contribution is 2.34. The number of rotatable bonds is 6. The molecular weight excluding hydrogens is 479 g/mol. The highest BCUT2D eigenvalue weighted by Gasteiger charge is 2.49. The Hall–Kier alpha value is -3.54. The number of hydrogen-bond donors (Lipinski definition) is 0. The lowest BCUT2D eigenvalue weighted by atomic mass is 9.99. The smallest absolute Gasteiger partial charge is 0.465 e. The number of alkyl halides is 3. The summed E-state index contributed by atoms with van der Waals surface area (Å²) >= 11 is 0. The number of halogens is 3. The number of carbonyl (C=O) groups is 2. The van der Waals surface area contributed by atoms with Gasteiger partial charge in [0.1, 0.15) is 12.4 Å². The van der Waals surface area contributed by atoms with E-state index < -0.39 is 39.5 Å². The van der Waals surface area contributed by atoms with E-state index in [1.807, 2.05) is 0 Å². The minimum atomic E-state index is -5.87. The molecule has 1 atom stereocenters. The highest BCUT2D eigenvalue weighted by atomic mass is 32.2. The number of nitrogens with zero attached hydrogens (tertiary/aromatic N) is 1. The van der Waals surface area contributed by atoms with Crippen LogP contribution in [-0.2, 0) is 30.4 Å². The second-order valence-corrected chi connectivity index (χ2v) is 8.70. The quantitative estimate of drug-likeness (QED) is 0.332. The fourth-order valence-corrected chi connectivity index (χ4v) is 3.71. The molecule has 0 spiro atoms. The Bertz CT molecular complexity index is 1160. The number of carbonyl (C=O) groups excluding carboxylic acids is 2. The van der Waals surface area contributed by atoms with Gasteiger partial charge in [-0.2, -0.15) is 21.6 Å². The molecule has 0 bridgehead atoms. The number of hydrogen-bond acceptors (Lipinski definition) is 7. The molecular formula is C22H20F3NO7S. The Balaban J connectivity index is 1.88. The summed E-state index contributed by atoms with van der Waals surface area (Å²) in [6.45, 7) is -0.212. The summed E-state index contributed by atoms with van der Waals surface area (Å²) < 4.78 is 75.4. The summed E-state index contributed by atoms with van der Waals surface area (Å²) in [4.78, 5) is 25.7. The van der Waals surface area contributed by atoms with E-state index in [0.29, 0.717) is 5.56 Å². The van der Waals surface area contributed by atoms with E-state index >= 15 is 0 Å². The predicted octanol–water partition coefficient (Wildman–Crippen LogP) is 4.31. The van der Waals surface area contributed by atoms with Crippen LogP contribution in [0.25, 0.3) is 0 Å². The van der Waals surface area contributed by atoms with Gasteiger partial charge in [0.25, 0.3) is 0 Å². The largest absolute Gasteiger partial charge is 0.534 e. The zero-order valence-corrected chi connectivity index (χ0v) is 18.6. The van der Waals surface area contributed by atoms with Crippen LogP contribution >= 0.6 is 0 Å². The lowest BCUT2D eigenvalue weighted by molar-refractivity contribution is -0.0526. The monoisotopic (exact) mass is 499 g/mol. The molecule has 12 heteroatoms. The molecule has 2 aromatic rings. The van der Waals surface area contributed by atoms with Crippen molar-refractivity contribution in [3.63, 3.8) is 0 Å². The lowest BCUT2D eigenvalue weighted by Gasteiger charge is -2.33. The van der Waals surface area contributed by atoms with Crippen molar-refractivity contribution >= 4 is 22.2 Å². The third kappa shape index (κ3) is 5.87. The molecule has 1 amide bonds. The van der Waals surface area contributed by atoms with E-state index in [4.69, 9.17) is 4.74 Å². The number of ether oxygens (including phenoxy) is 2. The van der Waals surface area contributed by atoms with Crippen molar-refractivity contribution in [3.8, 4) is 0 Å². The van der Waals surface area contributed by atoms with Crippen LogP contribution in [0.4, 0.5) is 18.0 Å². The molecule has 0 saturated carbocycles. The summed E-state index contributed by atoms with van der Waals surface area (Å²) in [7, 11) is -4.67. The van der Waals surface area contributed by atoms with Crippen molar-refractivity contribution in [2.75, 3.05) is 13.7 Å². The van der Waals surface area contributed by atoms with Crippen LogP contribution in [0.3, 0.4) is 0 Å². The highest BCUT2D eigenvalue weighted by molar-refractivity contribution is 7.87. The summed E-state index contributed by atoms with van der Waals surface area (Å²) in [6.07, 6.45) is 0.0517. The Kier molecular flexibility index (Phi) is 7.50. The Morgan fingerprint density at radius 3 is 2.29 bits per heavy atom. The summed E-state index contributed by atoms with van der Waals surface area (Å²) in [6, 6.07) is 13.6. The van der Waals surface area contributed by atoms with Gasteiger partial charge in [-0.15, -0.1) is 0 Å². The molecule has 182 valence electrons.